The molecule has 4 rings (SSSR count). The highest BCUT2D eigenvalue weighted by atomic mass is 16.1. The molecule has 0 radical (unpaired) electrons. The van der Waals surface area contributed by atoms with Crippen molar-refractivity contribution in [2.24, 2.45) is 0 Å². The van der Waals surface area contributed by atoms with Crippen molar-refractivity contribution in [2.45, 2.75) is 18.3 Å². The van der Waals surface area contributed by atoms with Gasteiger partial charge in [0, 0.05) is 47.8 Å². The quantitative estimate of drug-likeness (QED) is 0.741. The van der Waals surface area contributed by atoms with E-state index < -0.39 is 0 Å². The van der Waals surface area contributed by atoms with Gasteiger partial charge in [0.15, 0.2) is 0 Å². The molecule has 2 aliphatic rings. The maximum Gasteiger partial charge on any atom is 0.253 e. The molecule has 1 amide bonds. The first-order valence-corrected chi connectivity index (χ1v) is 7.41. The third kappa shape index (κ3) is 1.96. The lowest BCUT2D eigenvalue weighted by atomic mass is 9.74. The summed E-state index contributed by atoms with van der Waals surface area (Å²) in [4.78, 5) is 19.8. The van der Waals surface area contributed by atoms with Crippen LogP contribution in [0.4, 0.5) is 0 Å². The zero-order valence-corrected chi connectivity index (χ0v) is 11.8. The maximum absolute atomic E-state index is 12.2. The number of hydrogen-bond donors (Lipinski definition) is 3. The molecule has 0 aromatic carbocycles. The van der Waals surface area contributed by atoms with Crippen molar-refractivity contribution >= 4 is 5.91 Å². The third-order valence-corrected chi connectivity index (χ3v) is 4.64. The number of carbonyl (C=O) groups is 1. The molecule has 108 valence electrons. The normalized spacial score (nSPS) is 24.7. The molecule has 0 bridgehead atoms. The highest BCUT2D eigenvalue weighted by Crippen LogP contribution is 2.37. The number of piperidine rings is 1. The Bertz CT molecular complexity index is 671. The van der Waals surface area contributed by atoms with Gasteiger partial charge < -0.3 is 15.6 Å². The van der Waals surface area contributed by atoms with Crippen LogP contribution >= 0.6 is 0 Å². The van der Waals surface area contributed by atoms with E-state index in [1.165, 1.54) is 0 Å². The summed E-state index contributed by atoms with van der Waals surface area (Å²) >= 11 is 0. The maximum atomic E-state index is 12.2. The minimum Gasteiger partial charge on any atom is -0.357 e. The summed E-state index contributed by atoms with van der Waals surface area (Å²) in [5.41, 5.74) is 3.93. The Hall–Kier alpha value is -2.14. The van der Waals surface area contributed by atoms with Gasteiger partial charge >= 0.3 is 0 Å². The number of fused-ring (bicyclic) bond motifs is 2. The summed E-state index contributed by atoms with van der Waals surface area (Å²) in [5.74, 6) is 0.0257. The number of rotatable bonds is 1. The van der Waals surface area contributed by atoms with Crippen LogP contribution in [-0.4, -0.2) is 35.5 Å². The topological polar surface area (TPSA) is 69.8 Å². The van der Waals surface area contributed by atoms with Crippen LogP contribution in [-0.2, 0) is 5.41 Å². The molecule has 0 aliphatic carbocycles. The van der Waals surface area contributed by atoms with Crippen LogP contribution in [0.3, 0.4) is 0 Å². The lowest BCUT2D eigenvalue weighted by Gasteiger charge is -2.40. The second-order valence-electron chi connectivity index (χ2n) is 5.95. The molecule has 5 nitrogen and oxygen atoms in total. The third-order valence-electron chi connectivity index (χ3n) is 4.64. The number of aromatic nitrogens is 2. The number of pyridine rings is 1. The predicted octanol–water partition coefficient (Wildman–Crippen LogP) is 1.44. The molecular formula is C16H18N4O. The second kappa shape index (κ2) is 4.70. The minimum absolute atomic E-state index is 0.00672. The zero-order valence-electron chi connectivity index (χ0n) is 11.8. The van der Waals surface area contributed by atoms with Crippen LogP contribution in [0.5, 0.6) is 0 Å². The fourth-order valence-corrected chi connectivity index (χ4v) is 3.50. The van der Waals surface area contributed by atoms with Crippen LogP contribution in [0.2, 0.25) is 0 Å². The molecule has 1 unspecified atom stereocenters. The summed E-state index contributed by atoms with van der Waals surface area (Å²) in [7, 11) is 0. The van der Waals surface area contributed by atoms with Crippen molar-refractivity contribution in [3.63, 3.8) is 0 Å². The molecule has 2 aromatic rings. The Kier molecular flexibility index (Phi) is 2.82. The highest BCUT2D eigenvalue weighted by molar-refractivity contribution is 5.98. The minimum atomic E-state index is 0.00672. The molecule has 1 atom stereocenters. The Morgan fingerprint density at radius 3 is 2.81 bits per heavy atom. The van der Waals surface area contributed by atoms with Crippen molar-refractivity contribution in [3.05, 3.63) is 41.9 Å². The van der Waals surface area contributed by atoms with Gasteiger partial charge in [-0.15, -0.1) is 0 Å². The summed E-state index contributed by atoms with van der Waals surface area (Å²) in [6, 6.07) is 5.89. The number of carbonyl (C=O) groups excluding carboxylic acids is 1. The highest BCUT2D eigenvalue weighted by Gasteiger charge is 2.42. The van der Waals surface area contributed by atoms with Gasteiger partial charge in [-0.2, -0.15) is 0 Å². The van der Waals surface area contributed by atoms with E-state index in [1.54, 1.807) is 12.4 Å². The summed E-state index contributed by atoms with van der Waals surface area (Å²) < 4.78 is 0. The van der Waals surface area contributed by atoms with Crippen molar-refractivity contribution in [3.8, 4) is 11.3 Å². The molecule has 2 aromatic heterocycles. The van der Waals surface area contributed by atoms with Crippen molar-refractivity contribution in [2.75, 3.05) is 19.6 Å². The van der Waals surface area contributed by atoms with E-state index in [0.717, 1.165) is 48.4 Å². The number of aromatic amines is 1. The van der Waals surface area contributed by atoms with Gasteiger partial charge in [0.05, 0.1) is 5.56 Å². The molecule has 0 saturated carbocycles. The molecule has 21 heavy (non-hydrogen) atoms. The summed E-state index contributed by atoms with van der Waals surface area (Å²) in [5, 5.41) is 6.52. The average Bonchev–Trinajstić information content (AvgIpc) is 3.00. The average molecular weight is 282 g/mol. The van der Waals surface area contributed by atoms with E-state index in [9.17, 15) is 4.79 Å². The number of hydrogen-bond acceptors (Lipinski definition) is 3. The number of amides is 1. The van der Waals surface area contributed by atoms with Crippen LogP contribution < -0.4 is 10.6 Å². The molecule has 5 heteroatoms. The van der Waals surface area contributed by atoms with Crippen molar-refractivity contribution in [1.29, 1.82) is 0 Å². The molecule has 3 N–H and O–H groups in total. The SMILES string of the molecule is O=C1NCC2(CCCNC2)c2[nH]c(-c3ccncc3)cc21. The van der Waals surface area contributed by atoms with Crippen LogP contribution in [0.1, 0.15) is 28.9 Å². The van der Waals surface area contributed by atoms with Gasteiger partial charge in [-0.05, 0) is 37.6 Å². The van der Waals surface area contributed by atoms with Crippen molar-refractivity contribution < 1.29 is 4.79 Å². The Morgan fingerprint density at radius 2 is 2.05 bits per heavy atom. The van der Waals surface area contributed by atoms with Gasteiger partial charge in [-0.1, -0.05) is 0 Å². The molecule has 1 fully saturated rings. The molecule has 1 spiro atoms. The molecule has 1 saturated heterocycles. The van der Waals surface area contributed by atoms with E-state index >= 15 is 0 Å². The summed E-state index contributed by atoms with van der Waals surface area (Å²) in [6.45, 7) is 2.68. The van der Waals surface area contributed by atoms with Gasteiger partial charge in [-0.3, -0.25) is 9.78 Å². The fraction of sp³-hybridized carbons (Fsp3) is 0.375. The predicted molar refractivity (Wildman–Crippen MR) is 80.1 cm³/mol. The van der Waals surface area contributed by atoms with Gasteiger partial charge in [0.1, 0.15) is 0 Å². The van der Waals surface area contributed by atoms with E-state index in [2.05, 4.69) is 20.6 Å². The first kappa shape index (κ1) is 12.6. The van der Waals surface area contributed by atoms with Crippen LogP contribution in [0.15, 0.2) is 30.6 Å². The monoisotopic (exact) mass is 282 g/mol. The van der Waals surface area contributed by atoms with Gasteiger partial charge in [0.2, 0.25) is 0 Å². The smallest absolute Gasteiger partial charge is 0.253 e. The van der Waals surface area contributed by atoms with Gasteiger partial charge in [0.25, 0.3) is 5.91 Å². The largest absolute Gasteiger partial charge is 0.357 e. The van der Waals surface area contributed by atoms with Crippen LogP contribution in [0, 0.1) is 0 Å². The lowest BCUT2D eigenvalue weighted by molar-refractivity contribution is 0.0915. The Morgan fingerprint density at radius 1 is 1.19 bits per heavy atom. The number of H-pyrrole nitrogens is 1. The van der Waals surface area contributed by atoms with E-state index in [0.29, 0.717) is 6.54 Å². The first-order chi connectivity index (χ1) is 10.3. The summed E-state index contributed by atoms with van der Waals surface area (Å²) in [6.07, 6.45) is 5.78. The van der Waals surface area contributed by atoms with E-state index in [4.69, 9.17) is 0 Å². The van der Waals surface area contributed by atoms with Crippen LogP contribution in [0.25, 0.3) is 11.3 Å². The molecular weight excluding hydrogens is 264 g/mol. The first-order valence-electron chi connectivity index (χ1n) is 7.41. The Labute approximate surface area is 123 Å². The van der Waals surface area contributed by atoms with Gasteiger partial charge in [-0.25, -0.2) is 0 Å². The molecule has 4 heterocycles. The second-order valence-corrected chi connectivity index (χ2v) is 5.95. The number of nitrogens with zero attached hydrogens (tertiary/aromatic N) is 1. The Balaban J connectivity index is 1.82. The number of nitrogens with one attached hydrogen (secondary N) is 3. The van der Waals surface area contributed by atoms with E-state index in [-0.39, 0.29) is 11.3 Å². The zero-order chi connectivity index (χ0) is 14.3. The molecule has 2 aliphatic heterocycles. The van der Waals surface area contributed by atoms with Crippen molar-refractivity contribution in [1.82, 2.24) is 20.6 Å². The fourth-order valence-electron chi connectivity index (χ4n) is 3.50. The van der Waals surface area contributed by atoms with E-state index in [1.807, 2.05) is 18.2 Å². The lowest BCUT2D eigenvalue weighted by Crippen LogP contribution is -2.54. The standard InChI is InChI=1S/C16H18N4O/c21-15-12-8-13(11-2-6-17-7-3-11)20-14(12)16(10-19-15)4-1-5-18-9-16/h2-3,6-8,18,20H,1,4-5,9-10H2,(H,19,21).